The van der Waals surface area contributed by atoms with E-state index in [0.29, 0.717) is 12.5 Å². The first kappa shape index (κ1) is 10.6. The van der Waals surface area contributed by atoms with Gasteiger partial charge in [-0.05, 0) is 6.07 Å². The topological polar surface area (TPSA) is 68.2 Å². The van der Waals surface area contributed by atoms with Gasteiger partial charge >= 0.3 is 0 Å². The highest BCUT2D eigenvalue weighted by molar-refractivity contribution is 5.30. The van der Waals surface area contributed by atoms with Crippen LogP contribution in [0.4, 0.5) is 5.95 Å². The summed E-state index contributed by atoms with van der Waals surface area (Å²) in [5.74, 6) is 0.679. The maximum Gasteiger partial charge on any atom is 0.225 e. The summed E-state index contributed by atoms with van der Waals surface area (Å²) < 4.78 is 5.00. The minimum Gasteiger partial charge on any atom is -0.472 e. The minimum atomic E-state index is 0.464. The average Bonchev–Trinajstić information content (AvgIpc) is 2.82. The van der Waals surface area contributed by atoms with Crippen LogP contribution in [0.3, 0.4) is 0 Å². The lowest BCUT2D eigenvalue weighted by molar-refractivity contribution is 0.563. The van der Waals surface area contributed by atoms with Crippen molar-refractivity contribution in [3.8, 4) is 0 Å². The fourth-order valence-corrected chi connectivity index (χ4v) is 1.38. The molecule has 0 amide bonds. The summed E-state index contributed by atoms with van der Waals surface area (Å²) in [4.78, 5) is 10.4. The molecule has 0 aliphatic rings. The molecule has 2 N–H and O–H groups in total. The van der Waals surface area contributed by atoms with Crippen LogP contribution >= 0.6 is 0 Å². The van der Waals surface area contributed by atoms with E-state index in [2.05, 4.69) is 9.97 Å². The Kier molecular flexibility index (Phi) is 3.16. The van der Waals surface area contributed by atoms with E-state index in [1.807, 2.05) is 18.0 Å². The highest BCUT2D eigenvalue weighted by Gasteiger charge is 2.05. The second kappa shape index (κ2) is 4.76. The van der Waals surface area contributed by atoms with Crippen LogP contribution in [-0.2, 0) is 13.1 Å². The molecule has 0 radical (unpaired) electrons. The highest BCUT2D eigenvalue weighted by Crippen LogP contribution is 2.10. The molecule has 0 fully saturated rings. The molecule has 2 rings (SSSR count). The summed E-state index contributed by atoms with van der Waals surface area (Å²) in [6.07, 6.45) is 6.86. The molecule has 0 aliphatic heterocycles. The smallest absolute Gasteiger partial charge is 0.225 e. The molecule has 0 atom stereocenters. The monoisotopic (exact) mass is 218 g/mol. The molecule has 0 unspecified atom stereocenters. The largest absolute Gasteiger partial charge is 0.472 e. The minimum absolute atomic E-state index is 0.464. The van der Waals surface area contributed by atoms with Gasteiger partial charge in [0.15, 0.2) is 0 Å². The van der Waals surface area contributed by atoms with Gasteiger partial charge in [0.05, 0.1) is 12.5 Å². The molecule has 0 bridgehead atoms. The first-order valence-electron chi connectivity index (χ1n) is 5.03. The van der Waals surface area contributed by atoms with Gasteiger partial charge in [-0.2, -0.15) is 0 Å². The number of aromatic nitrogens is 2. The highest BCUT2D eigenvalue weighted by atomic mass is 16.3. The number of hydrogen-bond donors (Lipinski definition) is 1. The van der Waals surface area contributed by atoms with E-state index in [-0.39, 0.29) is 0 Å². The number of rotatable bonds is 4. The zero-order valence-corrected chi connectivity index (χ0v) is 9.13. The molecule has 0 saturated carbocycles. The Morgan fingerprint density at radius 2 is 2.06 bits per heavy atom. The van der Waals surface area contributed by atoms with E-state index in [1.165, 1.54) is 0 Å². The van der Waals surface area contributed by atoms with Crippen LogP contribution in [0.2, 0.25) is 0 Å². The molecular formula is C11H14N4O. The standard InChI is InChI=1S/C11H14N4O/c1-15(7-9-2-3-16-8-9)11-13-5-10(4-12)6-14-11/h2-3,5-6,8H,4,7,12H2,1H3. The molecule has 84 valence electrons. The van der Waals surface area contributed by atoms with E-state index >= 15 is 0 Å². The normalized spacial score (nSPS) is 10.4. The first-order valence-corrected chi connectivity index (χ1v) is 5.03. The quantitative estimate of drug-likeness (QED) is 0.834. The molecular weight excluding hydrogens is 204 g/mol. The maximum atomic E-state index is 5.48. The van der Waals surface area contributed by atoms with Gasteiger partial charge in [-0.15, -0.1) is 0 Å². The third kappa shape index (κ3) is 2.38. The number of hydrogen-bond acceptors (Lipinski definition) is 5. The van der Waals surface area contributed by atoms with Crippen LogP contribution in [0.25, 0.3) is 0 Å². The Hall–Kier alpha value is -1.88. The zero-order chi connectivity index (χ0) is 11.4. The van der Waals surface area contributed by atoms with Crippen LogP contribution in [0.15, 0.2) is 35.4 Å². The van der Waals surface area contributed by atoms with Gasteiger partial charge in [0.25, 0.3) is 0 Å². The predicted molar refractivity (Wildman–Crippen MR) is 60.7 cm³/mol. The summed E-state index contributed by atoms with van der Waals surface area (Å²) in [6.45, 7) is 1.18. The lowest BCUT2D eigenvalue weighted by Gasteiger charge is -2.15. The van der Waals surface area contributed by atoms with Crippen molar-refractivity contribution in [3.63, 3.8) is 0 Å². The Balaban J connectivity index is 2.05. The van der Waals surface area contributed by atoms with Gasteiger partial charge in [-0.1, -0.05) is 0 Å². The fourth-order valence-electron chi connectivity index (χ4n) is 1.38. The molecule has 2 aromatic heterocycles. The number of anilines is 1. The van der Waals surface area contributed by atoms with Gasteiger partial charge in [0.2, 0.25) is 5.95 Å². The van der Waals surface area contributed by atoms with Gasteiger partial charge in [0.1, 0.15) is 0 Å². The third-order valence-electron chi connectivity index (χ3n) is 2.27. The molecule has 5 heteroatoms. The van der Waals surface area contributed by atoms with Crippen LogP contribution in [0.1, 0.15) is 11.1 Å². The summed E-state index contributed by atoms with van der Waals surface area (Å²) in [7, 11) is 1.93. The van der Waals surface area contributed by atoms with Gasteiger partial charge in [-0.25, -0.2) is 9.97 Å². The average molecular weight is 218 g/mol. The SMILES string of the molecule is CN(Cc1ccoc1)c1ncc(CN)cn1. The van der Waals surface area contributed by atoms with Gasteiger partial charge < -0.3 is 15.1 Å². The second-order valence-electron chi connectivity index (χ2n) is 3.58. The summed E-state index contributed by atoms with van der Waals surface area (Å²) in [5.41, 5.74) is 7.50. The Morgan fingerprint density at radius 3 is 2.62 bits per heavy atom. The summed E-state index contributed by atoms with van der Waals surface area (Å²) in [5, 5.41) is 0. The molecule has 0 saturated heterocycles. The second-order valence-corrected chi connectivity index (χ2v) is 3.58. The van der Waals surface area contributed by atoms with Crippen LogP contribution in [0.5, 0.6) is 0 Å². The predicted octanol–water partition coefficient (Wildman–Crippen LogP) is 1.16. The number of nitrogens with two attached hydrogens (primary N) is 1. The van der Waals surface area contributed by atoms with E-state index in [4.69, 9.17) is 10.2 Å². The third-order valence-corrected chi connectivity index (χ3v) is 2.27. The Morgan fingerprint density at radius 1 is 1.31 bits per heavy atom. The lowest BCUT2D eigenvalue weighted by Crippen LogP contribution is -2.18. The number of furan rings is 1. The van der Waals surface area contributed by atoms with E-state index in [1.54, 1.807) is 24.9 Å². The van der Waals surface area contributed by atoms with Crippen molar-refractivity contribution in [2.45, 2.75) is 13.1 Å². The maximum absolute atomic E-state index is 5.48. The van der Waals surface area contributed by atoms with Crippen molar-refractivity contribution in [1.82, 2.24) is 9.97 Å². The van der Waals surface area contributed by atoms with Crippen LogP contribution in [-0.4, -0.2) is 17.0 Å². The molecule has 0 aliphatic carbocycles. The van der Waals surface area contributed by atoms with E-state index in [0.717, 1.165) is 17.7 Å². The van der Waals surface area contributed by atoms with E-state index < -0.39 is 0 Å². The molecule has 16 heavy (non-hydrogen) atoms. The fraction of sp³-hybridized carbons (Fsp3) is 0.273. The lowest BCUT2D eigenvalue weighted by atomic mass is 10.3. The summed E-state index contributed by atoms with van der Waals surface area (Å²) >= 11 is 0. The van der Waals surface area contributed by atoms with Crippen molar-refractivity contribution in [2.75, 3.05) is 11.9 Å². The van der Waals surface area contributed by atoms with Crippen LogP contribution in [0, 0.1) is 0 Å². The molecule has 0 spiro atoms. The van der Waals surface area contributed by atoms with Crippen molar-refractivity contribution in [3.05, 3.63) is 42.1 Å². The van der Waals surface area contributed by atoms with Gasteiger partial charge in [0, 0.05) is 43.7 Å². The first-order chi connectivity index (χ1) is 7.79. The summed E-state index contributed by atoms with van der Waals surface area (Å²) in [6, 6.07) is 1.92. The van der Waals surface area contributed by atoms with Crippen molar-refractivity contribution < 1.29 is 4.42 Å². The van der Waals surface area contributed by atoms with Gasteiger partial charge in [-0.3, -0.25) is 0 Å². The van der Waals surface area contributed by atoms with Crippen LogP contribution < -0.4 is 10.6 Å². The van der Waals surface area contributed by atoms with E-state index in [9.17, 15) is 0 Å². The Bertz CT molecular complexity index is 424. The molecule has 2 heterocycles. The zero-order valence-electron chi connectivity index (χ0n) is 9.13. The number of nitrogens with zero attached hydrogens (tertiary/aromatic N) is 3. The Labute approximate surface area is 93.9 Å². The van der Waals surface area contributed by atoms with Crippen molar-refractivity contribution in [2.24, 2.45) is 5.73 Å². The van der Waals surface area contributed by atoms with Crippen molar-refractivity contribution >= 4 is 5.95 Å². The van der Waals surface area contributed by atoms with Crippen molar-refractivity contribution in [1.29, 1.82) is 0 Å². The molecule has 0 aromatic carbocycles. The molecule has 5 nitrogen and oxygen atoms in total. The molecule has 2 aromatic rings.